The van der Waals surface area contributed by atoms with Gasteiger partial charge in [-0.15, -0.1) is 0 Å². The number of rotatable bonds is 13. The summed E-state index contributed by atoms with van der Waals surface area (Å²) in [6.07, 6.45) is 0.947. The number of ether oxygens (including phenoxy) is 1. The first kappa shape index (κ1) is 31.2. The number of ketones is 2. The predicted molar refractivity (Wildman–Crippen MR) is 143 cm³/mol. The van der Waals surface area contributed by atoms with Crippen LogP contribution in [0.1, 0.15) is 82.7 Å². The van der Waals surface area contributed by atoms with Gasteiger partial charge in [0.25, 0.3) is 0 Å². The van der Waals surface area contributed by atoms with Gasteiger partial charge in [-0.25, -0.2) is 0 Å². The molecule has 0 aromatic carbocycles. The van der Waals surface area contributed by atoms with Crippen LogP contribution in [-0.2, 0) is 35.4 Å². The lowest BCUT2D eigenvalue weighted by Gasteiger charge is -2.43. The number of hydrogen-bond acceptors (Lipinski definition) is 10. The second-order valence-corrected chi connectivity index (χ2v) is 11.0. The van der Waals surface area contributed by atoms with Crippen LogP contribution >= 0.6 is 0 Å². The van der Waals surface area contributed by atoms with Gasteiger partial charge in [0.15, 0.2) is 5.78 Å². The monoisotopic (exact) mass is 560 g/mol. The fourth-order valence-corrected chi connectivity index (χ4v) is 5.43. The number of aliphatic hydroxyl groups excluding tert-OH is 1. The van der Waals surface area contributed by atoms with Crippen LogP contribution in [0.3, 0.4) is 0 Å². The molecule has 11 heteroatoms. The molecule has 0 saturated heterocycles. The van der Waals surface area contributed by atoms with Crippen molar-refractivity contribution >= 4 is 29.2 Å². The molecule has 1 aromatic heterocycles. The molecule has 0 amide bonds. The van der Waals surface area contributed by atoms with Gasteiger partial charge in [-0.1, -0.05) is 31.1 Å². The number of esters is 1. The van der Waals surface area contributed by atoms with Gasteiger partial charge in [-0.3, -0.25) is 19.2 Å². The maximum absolute atomic E-state index is 13.1. The highest BCUT2D eigenvalue weighted by molar-refractivity contribution is 6.08. The van der Waals surface area contributed by atoms with Gasteiger partial charge in [0.1, 0.15) is 24.3 Å². The molecule has 6 unspecified atom stereocenters. The fraction of sp³-hybridized carbons (Fsp3) is 0.655. The Morgan fingerprint density at radius 3 is 2.60 bits per heavy atom. The Morgan fingerprint density at radius 2 is 1.98 bits per heavy atom. The zero-order chi connectivity index (χ0) is 29.6. The number of Topliss-reactive ketones (excluding diaryl/α,β-unsaturated/α-hetero) is 1. The molecule has 2 aliphatic carbocycles. The molecule has 40 heavy (non-hydrogen) atoms. The third-order valence-corrected chi connectivity index (χ3v) is 8.09. The Bertz CT molecular complexity index is 1150. The summed E-state index contributed by atoms with van der Waals surface area (Å²) < 4.78 is 11.2. The molecule has 0 bridgehead atoms. The van der Waals surface area contributed by atoms with Crippen molar-refractivity contribution < 1.29 is 43.5 Å². The molecule has 6 atom stereocenters. The topological polar surface area (TPSA) is 166 Å². The van der Waals surface area contributed by atoms with Gasteiger partial charge >= 0.3 is 11.9 Å². The number of aliphatic carboxylic acids is 1. The van der Waals surface area contributed by atoms with E-state index < -0.39 is 30.5 Å². The number of aryl methyl sites for hydroxylation is 2. The third-order valence-electron chi connectivity index (χ3n) is 8.09. The number of carbonyl (C=O) groups is 4. The maximum Gasteiger partial charge on any atom is 0.308 e. The molecule has 1 aromatic rings. The standard InChI is InChI=1S/C29H40N2O9/c1-6-15(2)29(37)39-26-10-9-24(31-38-14-23-17(4)30-40-18(23)5)22-13-25(34)16(3)21(28(22)26)8-7-19(32)11-20(33)12-27(35)36/h13,15-16,20-21,26,28,33H,6-12,14H2,1-5H3,(H,35,36). The van der Waals surface area contributed by atoms with E-state index in [2.05, 4.69) is 10.3 Å². The minimum Gasteiger partial charge on any atom is -0.481 e. The number of nitrogens with zero attached hydrogens (tertiary/aromatic N) is 2. The van der Waals surface area contributed by atoms with Gasteiger partial charge < -0.3 is 24.3 Å². The minimum absolute atomic E-state index is 0.0593. The molecule has 2 aliphatic rings. The van der Waals surface area contributed by atoms with Crippen molar-refractivity contribution in [1.29, 1.82) is 0 Å². The van der Waals surface area contributed by atoms with Crippen LogP contribution in [0.15, 0.2) is 21.3 Å². The molecule has 11 nitrogen and oxygen atoms in total. The zero-order valence-corrected chi connectivity index (χ0v) is 23.8. The van der Waals surface area contributed by atoms with E-state index in [1.807, 2.05) is 20.8 Å². The smallest absolute Gasteiger partial charge is 0.308 e. The molecular formula is C29H40N2O9. The molecule has 220 valence electrons. The molecule has 1 saturated carbocycles. The highest BCUT2D eigenvalue weighted by atomic mass is 16.6. The average Bonchev–Trinajstić information content (AvgIpc) is 3.21. The van der Waals surface area contributed by atoms with Crippen LogP contribution in [-0.4, -0.2) is 56.8 Å². The second kappa shape index (κ2) is 13.8. The number of carboxylic acids is 1. The van der Waals surface area contributed by atoms with E-state index >= 15 is 0 Å². The number of carboxylic acid groups (broad SMARTS) is 1. The summed E-state index contributed by atoms with van der Waals surface area (Å²) in [7, 11) is 0. The summed E-state index contributed by atoms with van der Waals surface area (Å²) in [5, 5.41) is 27.0. The molecule has 0 aliphatic heterocycles. The number of aromatic nitrogens is 1. The van der Waals surface area contributed by atoms with Crippen molar-refractivity contribution in [2.75, 3.05) is 0 Å². The highest BCUT2D eigenvalue weighted by Gasteiger charge is 2.46. The van der Waals surface area contributed by atoms with Crippen molar-refractivity contribution in [2.45, 2.75) is 98.4 Å². The van der Waals surface area contributed by atoms with E-state index in [0.717, 1.165) is 5.56 Å². The SMILES string of the molecule is CCC(C)C(=O)OC1CCC(=NOCc2c(C)noc2C)C2=CC(=O)C(C)C(CCC(=O)CC(O)CC(=O)O)C21. The van der Waals surface area contributed by atoms with Gasteiger partial charge in [0.2, 0.25) is 0 Å². The Hall–Kier alpha value is -3.34. The van der Waals surface area contributed by atoms with Crippen molar-refractivity contribution in [1.82, 2.24) is 5.16 Å². The number of hydrogen-bond donors (Lipinski definition) is 2. The summed E-state index contributed by atoms with van der Waals surface area (Å²) in [6.45, 7) is 9.27. The molecular weight excluding hydrogens is 520 g/mol. The Balaban J connectivity index is 1.84. The first-order valence-corrected chi connectivity index (χ1v) is 13.9. The Morgan fingerprint density at radius 1 is 1.25 bits per heavy atom. The summed E-state index contributed by atoms with van der Waals surface area (Å²) in [6, 6.07) is 0. The van der Waals surface area contributed by atoms with Crippen LogP contribution in [0.25, 0.3) is 0 Å². The Labute approximate surface area is 233 Å². The number of carbonyl (C=O) groups excluding carboxylic acids is 3. The molecule has 0 spiro atoms. The predicted octanol–water partition coefficient (Wildman–Crippen LogP) is 3.87. The van der Waals surface area contributed by atoms with Gasteiger partial charge in [0.05, 0.1) is 35.4 Å². The normalized spacial score (nSPS) is 25.1. The van der Waals surface area contributed by atoms with E-state index in [9.17, 15) is 24.3 Å². The van der Waals surface area contributed by atoms with Gasteiger partial charge in [-0.05, 0) is 57.1 Å². The van der Waals surface area contributed by atoms with Gasteiger partial charge in [0, 0.05) is 24.7 Å². The number of aliphatic hydroxyl groups is 1. The van der Waals surface area contributed by atoms with Crippen LogP contribution in [0.4, 0.5) is 0 Å². The number of allylic oxidation sites excluding steroid dienone is 1. The molecule has 0 radical (unpaired) electrons. The van der Waals surface area contributed by atoms with Gasteiger partial charge in [-0.2, -0.15) is 0 Å². The number of oxime groups is 1. The third kappa shape index (κ3) is 7.65. The number of fused-ring (bicyclic) bond motifs is 1. The van der Waals surface area contributed by atoms with Crippen molar-refractivity contribution in [2.24, 2.45) is 28.8 Å². The van der Waals surface area contributed by atoms with Crippen LogP contribution < -0.4 is 0 Å². The molecule has 2 N–H and O–H groups in total. The first-order chi connectivity index (χ1) is 18.9. The first-order valence-electron chi connectivity index (χ1n) is 13.9. The maximum atomic E-state index is 13.1. The lowest BCUT2D eigenvalue weighted by molar-refractivity contribution is -0.158. The summed E-state index contributed by atoms with van der Waals surface area (Å²) >= 11 is 0. The van der Waals surface area contributed by atoms with E-state index in [4.69, 9.17) is 19.2 Å². The summed E-state index contributed by atoms with van der Waals surface area (Å²) in [4.78, 5) is 55.0. The summed E-state index contributed by atoms with van der Waals surface area (Å²) in [5.41, 5.74) is 2.75. The molecule has 1 heterocycles. The average molecular weight is 561 g/mol. The van der Waals surface area contributed by atoms with E-state index in [-0.39, 0.29) is 54.7 Å². The summed E-state index contributed by atoms with van der Waals surface area (Å²) in [5.74, 6) is -2.65. The largest absolute Gasteiger partial charge is 0.481 e. The van der Waals surface area contributed by atoms with Crippen LogP contribution in [0, 0.1) is 37.5 Å². The van der Waals surface area contributed by atoms with Crippen molar-refractivity contribution in [3.8, 4) is 0 Å². The molecule has 1 fully saturated rings. The Kier molecular flexibility index (Phi) is 10.8. The molecule has 3 rings (SSSR count). The second-order valence-electron chi connectivity index (χ2n) is 11.0. The van der Waals surface area contributed by atoms with E-state index in [1.54, 1.807) is 19.9 Å². The lowest BCUT2D eigenvalue weighted by Crippen LogP contribution is -2.46. The van der Waals surface area contributed by atoms with Crippen molar-refractivity contribution in [3.63, 3.8) is 0 Å². The van der Waals surface area contributed by atoms with Crippen LogP contribution in [0.5, 0.6) is 0 Å². The highest BCUT2D eigenvalue weighted by Crippen LogP contribution is 2.44. The van der Waals surface area contributed by atoms with Crippen molar-refractivity contribution in [3.05, 3.63) is 28.7 Å². The minimum atomic E-state index is -1.27. The van der Waals surface area contributed by atoms with E-state index in [0.29, 0.717) is 48.4 Å². The quantitative estimate of drug-likeness (QED) is 0.267. The van der Waals surface area contributed by atoms with E-state index in [1.165, 1.54) is 0 Å². The fourth-order valence-electron chi connectivity index (χ4n) is 5.43. The lowest BCUT2D eigenvalue weighted by atomic mass is 9.63. The van der Waals surface area contributed by atoms with Crippen LogP contribution in [0.2, 0.25) is 0 Å². The zero-order valence-electron chi connectivity index (χ0n) is 23.8.